The number of carbonyl (C=O) groups is 1. The van der Waals surface area contributed by atoms with E-state index in [9.17, 15) is 9.90 Å². The second-order valence-corrected chi connectivity index (χ2v) is 4.57. The highest BCUT2D eigenvalue weighted by Crippen LogP contribution is 2.23. The van der Waals surface area contributed by atoms with Crippen molar-refractivity contribution < 1.29 is 9.90 Å². The van der Waals surface area contributed by atoms with Crippen LogP contribution in [0.2, 0.25) is 0 Å². The second kappa shape index (κ2) is 4.75. The summed E-state index contributed by atoms with van der Waals surface area (Å²) in [4.78, 5) is 13.1. The highest BCUT2D eigenvalue weighted by Gasteiger charge is 2.24. The molecular weight excluding hydrogens is 216 g/mol. The summed E-state index contributed by atoms with van der Waals surface area (Å²) in [5.74, 6) is -0.0209. The van der Waals surface area contributed by atoms with Crippen LogP contribution in [0, 0.1) is 0 Å². The van der Waals surface area contributed by atoms with Gasteiger partial charge in [-0.25, -0.2) is 0 Å². The van der Waals surface area contributed by atoms with E-state index in [0.29, 0.717) is 13.1 Å². The summed E-state index contributed by atoms with van der Waals surface area (Å²) < 4.78 is 0. The lowest BCUT2D eigenvalue weighted by Crippen LogP contribution is -2.50. The molecule has 92 valence electrons. The Hall–Kier alpha value is -1.55. The summed E-state index contributed by atoms with van der Waals surface area (Å²) in [5.41, 5.74) is 2.21. The van der Waals surface area contributed by atoms with Crippen molar-refractivity contribution in [2.45, 2.75) is 26.0 Å². The Morgan fingerprint density at radius 1 is 1.41 bits per heavy atom. The molecule has 1 heterocycles. The van der Waals surface area contributed by atoms with Crippen molar-refractivity contribution in [3.05, 3.63) is 29.8 Å². The predicted molar refractivity (Wildman–Crippen MR) is 66.9 cm³/mol. The van der Waals surface area contributed by atoms with E-state index in [1.54, 1.807) is 0 Å². The lowest BCUT2D eigenvalue weighted by molar-refractivity contribution is -0.119. The molecule has 1 aliphatic rings. The van der Waals surface area contributed by atoms with E-state index >= 15 is 0 Å². The molecule has 1 saturated heterocycles. The lowest BCUT2D eigenvalue weighted by Gasteiger charge is -2.38. The monoisotopic (exact) mass is 234 g/mol. The van der Waals surface area contributed by atoms with E-state index in [1.165, 1.54) is 6.92 Å². The first-order chi connectivity index (χ1) is 8.06. The number of benzene rings is 1. The fourth-order valence-corrected chi connectivity index (χ4v) is 2.03. The molecule has 0 bridgehead atoms. The zero-order valence-electron chi connectivity index (χ0n) is 10.2. The molecular formula is C13H18N2O2. The lowest BCUT2D eigenvalue weighted by atomic mass is 10.1. The highest BCUT2D eigenvalue weighted by atomic mass is 16.3. The fraction of sp³-hybridized carbons (Fsp3) is 0.462. The maximum atomic E-state index is 10.9. The van der Waals surface area contributed by atoms with E-state index in [1.807, 2.05) is 31.2 Å². The van der Waals surface area contributed by atoms with Gasteiger partial charge in [-0.1, -0.05) is 12.1 Å². The molecule has 1 aromatic carbocycles. The van der Waals surface area contributed by atoms with Gasteiger partial charge < -0.3 is 15.3 Å². The van der Waals surface area contributed by atoms with Crippen LogP contribution in [0.25, 0.3) is 0 Å². The number of rotatable bonds is 3. The zero-order chi connectivity index (χ0) is 12.4. The van der Waals surface area contributed by atoms with Crippen LogP contribution in [0.4, 0.5) is 5.69 Å². The summed E-state index contributed by atoms with van der Waals surface area (Å²) in [5, 5.41) is 12.1. The maximum absolute atomic E-state index is 10.9. The largest absolute Gasteiger partial charge is 0.389 e. The minimum absolute atomic E-state index is 0.0209. The number of β-amino-alcohol motifs (C(OH)–C–C–N with tert-alkyl or cyclic N) is 1. The van der Waals surface area contributed by atoms with Gasteiger partial charge in [0, 0.05) is 25.7 Å². The quantitative estimate of drug-likeness (QED) is 0.822. The molecule has 1 aliphatic heterocycles. The molecule has 1 amide bonds. The molecule has 4 nitrogen and oxygen atoms in total. The van der Waals surface area contributed by atoms with E-state index in [0.717, 1.165) is 11.3 Å². The van der Waals surface area contributed by atoms with Crippen molar-refractivity contribution in [3.63, 3.8) is 0 Å². The van der Waals surface area contributed by atoms with Crippen molar-refractivity contribution in [2.75, 3.05) is 18.0 Å². The first kappa shape index (κ1) is 11.9. The van der Waals surface area contributed by atoms with Gasteiger partial charge in [-0.15, -0.1) is 0 Å². The van der Waals surface area contributed by atoms with Crippen molar-refractivity contribution in [1.29, 1.82) is 0 Å². The van der Waals surface area contributed by atoms with E-state index in [4.69, 9.17) is 0 Å². The Bertz CT molecular complexity index is 396. The maximum Gasteiger partial charge on any atom is 0.217 e. The number of carbonyl (C=O) groups excluding carboxylic acids is 1. The van der Waals surface area contributed by atoms with Gasteiger partial charge in [0.25, 0.3) is 0 Å². The molecule has 0 aromatic heterocycles. The molecule has 0 aliphatic carbocycles. The van der Waals surface area contributed by atoms with Crippen molar-refractivity contribution in [1.82, 2.24) is 5.32 Å². The zero-order valence-corrected chi connectivity index (χ0v) is 10.2. The van der Waals surface area contributed by atoms with Gasteiger partial charge in [0.15, 0.2) is 0 Å². The van der Waals surface area contributed by atoms with Crippen LogP contribution in [0.3, 0.4) is 0 Å². The molecule has 1 aromatic rings. The molecule has 1 atom stereocenters. The van der Waals surface area contributed by atoms with Crippen molar-refractivity contribution in [2.24, 2.45) is 0 Å². The summed E-state index contributed by atoms with van der Waals surface area (Å²) in [6.45, 7) is 4.90. The molecule has 0 radical (unpaired) electrons. The van der Waals surface area contributed by atoms with Crippen molar-refractivity contribution >= 4 is 11.6 Å². The third-order valence-electron chi connectivity index (χ3n) is 3.04. The normalized spacial score (nSPS) is 17.5. The number of aliphatic hydroxyl groups excluding tert-OH is 1. The molecule has 0 saturated carbocycles. The molecule has 2 N–H and O–H groups in total. The summed E-state index contributed by atoms with van der Waals surface area (Å²) in [6.07, 6.45) is -0.187. The Morgan fingerprint density at radius 3 is 2.47 bits per heavy atom. The third-order valence-corrected chi connectivity index (χ3v) is 3.04. The second-order valence-electron chi connectivity index (χ2n) is 4.57. The Balaban J connectivity index is 2.00. The molecule has 2 rings (SSSR count). The SMILES string of the molecule is CC(=O)NC(C)c1ccc(N2CC(O)C2)cc1. The van der Waals surface area contributed by atoms with E-state index < -0.39 is 0 Å². The van der Waals surface area contributed by atoms with Crippen LogP contribution in [-0.4, -0.2) is 30.2 Å². The molecule has 1 unspecified atom stereocenters. The number of aliphatic hydroxyl groups is 1. The van der Waals surface area contributed by atoms with Gasteiger partial charge >= 0.3 is 0 Å². The Kier molecular flexibility index (Phi) is 3.33. The molecule has 1 fully saturated rings. The average molecular weight is 234 g/mol. The van der Waals surface area contributed by atoms with Crippen LogP contribution in [0.5, 0.6) is 0 Å². The first-order valence-corrected chi connectivity index (χ1v) is 5.86. The summed E-state index contributed by atoms with van der Waals surface area (Å²) in [6, 6.07) is 8.11. The third kappa shape index (κ3) is 2.77. The topological polar surface area (TPSA) is 52.6 Å². The van der Waals surface area contributed by atoms with Gasteiger partial charge in [-0.05, 0) is 24.6 Å². The van der Waals surface area contributed by atoms with Crippen LogP contribution < -0.4 is 10.2 Å². The smallest absolute Gasteiger partial charge is 0.217 e. The first-order valence-electron chi connectivity index (χ1n) is 5.86. The van der Waals surface area contributed by atoms with Gasteiger partial charge in [0.2, 0.25) is 5.91 Å². The highest BCUT2D eigenvalue weighted by molar-refractivity contribution is 5.73. The Morgan fingerprint density at radius 2 is 2.00 bits per heavy atom. The molecule has 0 spiro atoms. The number of nitrogens with one attached hydrogen (secondary N) is 1. The number of hydrogen-bond donors (Lipinski definition) is 2. The van der Waals surface area contributed by atoms with Gasteiger partial charge in [0.1, 0.15) is 0 Å². The Labute approximate surface area is 101 Å². The van der Waals surface area contributed by atoms with Gasteiger partial charge in [-0.2, -0.15) is 0 Å². The average Bonchev–Trinajstić information content (AvgIpc) is 2.24. The number of nitrogens with zero attached hydrogens (tertiary/aromatic N) is 1. The fourth-order valence-electron chi connectivity index (χ4n) is 2.03. The number of hydrogen-bond acceptors (Lipinski definition) is 3. The van der Waals surface area contributed by atoms with Crippen LogP contribution in [-0.2, 0) is 4.79 Å². The number of amides is 1. The predicted octanol–water partition coefficient (Wildman–Crippen LogP) is 1.06. The van der Waals surface area contributed by atoms with Crippen LogP contribution >= 0.6 is 0 Å². The summed E-state index contributed by atoms with van der Waals surface area (Å²) >= 11 is 0. The number of anilines is 1. The minimum atomic E-state index is -0.187. The standard InChI is InChI=1S/C13H18N2O2/c1-9(14-10(2)16)11-3-5-12(6-4-11)15-7-13(17)8-15/h3-6,9,13,17H,7-8H2,1-2H3,(H,14,16). The molecule has 4 heteroatoms. The van der Waals surface area contributed by atoms with Gasteiger partial charge in [-0.3, -0.25) is 4.79 Å². The van der Waals surface area contributed by atoms with Crippen LogP contribution in [0.1, 0.15) is 25.5 Å². The van der Waals surface area contributed by atoms with Gasteiger partial charge in [0.05, 0.1) is 12.1 Å². The van der Waals surface area contributed by atoms with E-state index in [2.05, 4.69) is 10.2 Å². The molecule has 17 heavy (non-hydrogen) atoms. The van der Waals surface area contributed by atoms with Crippen molar-refractivity contribution in [3.8, 4) is 0 Å². The van der Waals surface area contributed by atoms with E-state index in [-0.39, 0.29) is 18.1 Å². The minimum Gasteiger partial charge on any atom is -0.389 e. The summed E-state index contributed by atoms with van der Waals surface area (Å²) in [7, 11) is 0. The van der Waals surface area contributed by atoms with Crippen LogP contribution in [0.15, 0.2) is 24.3 Å².